The van der Waals surface area contributed by atoms with Crippen molar-refractivity contribution in [2.45, 2.75) is 13.5 Å². The van der Waals surface area contributed by atoms with E-state index in [0.29, 0.717) is 16.9 Å². The van der Waals surface area contributed by atoms with Crippen LogP contribution in [0.1, 0.15) is 11.1 Å². The van der Waals surface area contributed by atoms with Gasteiger partial charge in [-0.25, -0.2) is 4.39 Å². The number of halogens is 1. The second-order valence-electron chi connectivity index (χ2n) is 4.13. The van der Waals surface area contributed by atoms with Crippen LogP contribution in [-0.2, 0) is 6.61 Å². The molecule has 5 heteroatoms. The van der Waals surface area contributed by atoms with Crippen LogP contribution in [0.2, 0.25) is 0 Å². The van der Waals surface area contributed by atoms with Crippen molar-refractivity contribution in [3.63, 3.8) is 0 Å². The standard InChI is InChI=1S/C14H12FNO3/c1-10-7-13(5-6-14(10)15)19-9-11-3-2-4-12(8-11)16(17)18/h2-8H,9H2,1H3. The van der Waals surface area contributed by atoms with Gasteiger partial charge in [0.05, 0.1) is 4.92 Å². The highest BCUT2D eigenvalue weighted by molar-refractivity contribution is 5.34. The number of hydrogen-bond acceptors (Lipinski definition) is 3. The third kappa shape index (κ3) is 3.28. The van der Waals surface area contributed by atoms with Gasteiger partial charge in [-0.15, -0.1) is 0 Å². The summed E-state index contributed by atoms with van der Waals surface area (Å²) in [5.41, 5.74) is 1.21. The van der Waals surface area contributed by atoms with Crippen molar-refractivity contribution in [2.24, 2.45) is 0 Å². The monoisotopic (exact) mass is 261 g/mol. The van der Waals surface area contributed by atoms with E-state index in [4.69, 9.17) is 4.74 Å². The molecular weight excluding hydrogens is 249 g/mol. The Morgan fingerprint density at radius 2 is 2.05 bits per heavy atom. The summed E-state index contributed by atoms with van der Waals surface area (Å²) in [5.74, 6) is 0.244. The summed E-state index contributed by atoms with van der Waals surface area (Å²) in [7, 11) is 0. The second kappa shape index (κ2) is 5.48. The van der Waals surface area contributed by atoms with E-state index in [-0.39, 0.29) is 18.1 Å². The van der Waals surface area contributed by atoms with Gasteiger partial charge in [-0.1, -0.05) is 12.1 Å². The summed E-state index contributed by atoms with van der Waals surface area (Å²) in [6.07, 6.45) is 0. The van der Waals surface area contributed by atoms with Crippen molar-refractivity contribution in [3.05, 3.63) is 69.5 Å². The van der Waals surface area contributed by atoms with Crippen molar-refractivity contribution < 1.29 is 14.1 Å². The lowest BCUT2D eigenvalue weighted by molar-refractivity contribution is -0.384. The molecule has 2 aromatic rings. The normalized spacial score (nSPS) is 10.2. The van der Waals surface area contributed by atoms with E-state index in [1.807, 2.05) is 0 Å². The van der Waals surface area contributed by atoms with Gasteiger partial charge in [0.15, 0.2) is 0 Å². The van der Waals surface area contributed by atoms with Crippen LogP contribution < -0.4 is 4.74 Å². The summed E-state index contributed by atoms with van der Waals surface area (Å²) < 4.78 is 18.5. The molecular formula is C14H12FNO3. The lowest BCUT2D eigenvalue weighted by Crippen LogP contribution is -1.97. The summed E-state index contributed by atoms with van der Waals surface area (Å²) in [5, 5.41) is 10.6. The summed E-state index contributed by atoms with van der Waals surface area (Å²) in [6.45, 7) is 1.85. The Morgan fingerprint density at radius 1 is 1.26 bits per heavy atom. The minimum atomic E-state index is -0.453. The molecule has 98 valence electrons. The zero-order valence-electron chi connectivity index (χ0n) is 10.3. The van der Waals surface area contributed by atoms with Crippen LogP contribution in [-0.4, -0.2) is 4.92 Å². The van der Waals surface area contributed by atoms with E-state index in [9.17, 15) is 14.5 Å². The van der Waals surface area contributed by atoms with Crippen LogP contribution in [0.4, 0.5) is 10.1 Å². The van der Waals surface area contributed by atoms with Gasteiger partial charge < -0.3 is 4.74 Å². The Morgan fingerprint density at radius 3 is 2.74 bits per heavy atom. The van der Waals surface area contributed by atoms with E-state index in [1.165, 1.54) is 24.3 Å². The highest BCUT2D eigenvalue weighted by Gasteiger charge is 2.06. The predicted octanol–water partition coefficient (Wildman–Crippen LogP) is 3.62. The summed E-state index contributed by atoms with van der Waals surface area (Å²) >= 11 is 0. The smallest absolute Gasteiger partial charge is 0.269 e. The minimum absolute atomic E-state index is 0.0244. The Labute approximate surface area is 109 Å². The number of hydrogen-bond donors (Lipinski definition) is 0. The summed E-state index contributed by atoms with van der Waals surface area (Å²) in [6, 6.07) is 10.7. The number of non-ortho nitro benzene ring substituents is 1. The number of aryl methyl sites for hydroxylation is 1. The first-order chi connectivity index (χ1) is 9.06. The average molecular weight is 261 g/mol. The molecule has 2 aromatic carbocycles. The lowest BCUT2D eigenvalue weighted by Gasteiger charge is -2.07. The molecule has 19 heavy (non-hydrogen) atoms. The molecule has 0 atom stereocenters. The van der Waals surface area contributed by atoms with Crippen LogP contribution in [0, 0.1) is 22.9 Å². The van der Waals surface area contributed by atoms with Crippen LogP contribution in [0.15, 0.2) is 42.5 Å². The molecule has 0 amide bonds. The Balaban J connectivity index is 2.07. The molecule has 0 aliphatic heterocycles. The van der Waals surface area contributed by atoms with Crippen LogP contribution in [0.25, 0.3) is 0 Å². The van der Waals surface area contributed by atoms with Gasteiger partial charge in [-0.3, -0.25) is 10.1 Å². The first kappa shape index (κ1) is 13.0. The zero-order valence-corrected chi connectivity index (χ0v) is 10.3. The second-order valence-corrected chi connectivity index (χ2v) is 4.13. The van der Waals surface area contributed by atoms with Crippen LogP contribution in [0.3, 0.4) is 0 Å². The van der Waals surface area contributed by atoms with Gasteiger partial charge in [-0.2, -0.15) is 0 Å². The SMILES string of the molecule is Cc1cc(OCc2cccc([N+](=O)[O-])c2)ccc1F. The van der Waals surface area contributed by atoms with E-state index in [1.54, 1.807) is 25.1 Å². The Kier molecular flexibility index (Phi) is 3.75. The zero-order chi connectivity index (χ0) is 13.8. The van der Waals surface area contributed by atoms with Gasteiger partial charge >= 0.3 is 0 Å². The molecule has 4 nitrogen and oxygen atoms in total. The maximum absolute atomic E-state index is 13.1. The third-order valence-corrected chi connectivity index (χ3v) is 2.66. The Hall–Kier alpha value is -2.43. The molecule has 0 heterocycles. The fourth-order valence-electron chi connectivity index (χ4n) is 1.63. The van der Waals surface area contributed by atoms with E-state index >= 15 is 0 Å². The molecule has 0 aliphatic rings. The van der Waals surface area contributed by atoms with E-state index < -0.39 is 4.92 Å². The topological polar surface area (TPSA) is 52.4 Å². The maximum Gasteiger partial charge on any atom is 0.269 e. The first-order valence-electron chi connectivity index (χ1n) is 5.68. The predicted molar refractivity (Wildman–Crippen MR) is 68.6 cm³/mol. The van der Waals surface area contributed by atoms with Crippen molar-refractivity contribution >= 4 is 5.69 Å². The maximum atomic E-state index is 13.1. The number of benzene rings is 2. The Bertz CT molecular complexity index is 613. The molecule has 0 radical (unpaired) electrons. The van der Waals surface area contributed by atoms with Gasteiger partial charge in [-0.05, 0) is 36.2 Å². The van der Waals surface area contributed by atoms with Gasteiger partial charge in [0.25, 0.3) is 5.69 Å². The van der Waals surface area contributed by atoms with E-state index in [2.05, 4.69) is 0 Å². The molecule has 0 unspecified atom stereocenters. The molecule has 0 saturated heterocycles. The lowest BCUT2D eigenvalue weighted by atomic mass is 10.2. The number of rotatable bonds is 4. The molecule has 0 spiro atoms. The molecule has 0 N–H and O–H groups in total. The number of nitro groups is 1. The highest BCUT2D eigenvalue weighted by Crippen LogP contribution is 2.19. The van der Waals surface area contributed by atoms with E-state index in [0.717, 1.165) is 0 Å². The number of nitro benzene ring substituents is 1. The van der Waals surface area contributed by atoms with Gasteiger partial charge in [0.2, 0.25) is 0 Å². The molecule has 0 fully saturated rings. The largest absolute Gasteiger partial charge is 0.489 e. The molecule has 2 rings (SSSR count). The molecule has 0 bridgehead atoms. The summed E-state index contributed by atoms with van der Waals surface area (Å²) in [4.78, 5) is 10.2. The van der Waals surface area contributed by atoms with Crippen LogP contribution in [0.5, 0.6) is 5.75 Å². The van der Waals surface area contributed by atoms with Crippen LogP contribution >= 0.6 is 0 Å². The third-order valence-electron chi connectivity index (χ3n) is 2.66. The van der Waals surface area contributed by atoms with Crippen molar-refractivity contribution in [1.82, 2.24) is 0 Å². The van der Waals surface area contributed by atoms with Gasteiger partial charge in [0, 0.05) is 12.1 Å². The van der Waals surface area contributed by atoms with Gasteiger partial charge in [0.1, 0.15) is 18.2 Å². The number of nitrogens with zero attached hydrogens (tertiary/aromatic N) is 1. The molecule has 0 aliphatic carbocycles. The minimum Gasteiger partial charge on any atom is -0.489 e. The quantitative estimate of drug-likeness (QED) is 0.624. The molecule has 0 saturated carbocycles. The van der Waals surface area contributed by atoms with Crippen molar-refractivity contribution in [1.29, 1.82) is 0 Å². The fourth-order valence-corrected chi connectivity index (χ4v) is 1.63. The fraction of sp³-hybridized carbons (Fsp3) is 0.143. The highest BCUT2D eigenvalue weighted by atomic mass is 19.1. The first-order valence-corrected chi connectivity index (χ1v) is 5.68. The number of ether oxygens (including phenoxy) is 1. The average Bonchev–Trinajstić information content (AvgIpc) is 2.40. The van der Waals surface area contributed by atoms with Crippen molar-refractivity contribution in [2.75, 3.05) is 0 Å². The van der Waals surface area contributed by atoms with Crippen molar-refractivity contribution in [3.8, 4) is 5.75 Å². The molecule has 0 aromatic heterocycles.